The molecule has 0 aliphatic rings. The molecule has 0 radical (unpaired) electrons. The topological polar surface area (TPSA) is 26.3 Å². The molecule has 1 rings (SSSR count). The van der Waals surface area contributed by atoms with Gasteiger partial charge in [0.05, 0.1) is 13.2 Å². The number of hydrogen-bond donors (Lipinski definition) is 0. The summed E-state index contributed by atoms with van der Waals surface area (Å²) in [6.07, 6.45) is 4.44. The minimum atomic E-state index is 0.594. The molecule has 2 heteroatoms. The molecule has 0 aliphatic heterocycles. The molecule has 1 aromatic rings. The molecule has 0 saturated carbocycles. The second kappa shape index (κ2) is 7.80. The average Bonchev–Trinajstić information content (AvgIpc) is 2.33. The van der Waals surface area contributed by atoms with E-state index in [1.54, 1.807) is 0 Å². The highest BCUT2D eigenvalue weighted by atomic mass is 16.5. The first-order valence-electron chi connectivity index (χ1n) is 5.95. The largest absolute Gasteiger partial charge is 0.373 e. The van der Waals surface area contributed by atoms with Gasteiger partial charge >= 0.3 is 0 Å². The van der Waals surface area contributed by atoms with Gasteiger partial charge < -0.3 is 9.53 Å². The molecule has 0 amide bonds. The van der Waals surface area contributed by atoms with E-state index in [4.69, 9.17) is 4.74 Å². The van der Waals surface area contributed by atoms with E-state index in [2.05, 4.69) is 44.2 Å². The third-order valence-electron chi connectivity index (χ3n) is 2.45. The predicted octanol–water partition coefficient (Wildman–Crippen LogP) is 3.30. The van der Waals surface area contributed by atoms with Gasteiger partial charge in [0.2, 0.25) is 0 Å². The van der Waals surface area contributed by atoms with Crippen LogP contribution in [0.1, 0.15) is 31.4 Å². The highest BCUT2D eigenvalue weighted by Gasteiger charge is 1.95. The Morgan fingerprint density at radius 3 is 2.41 bits per heavy atom. The number of allylic oxidation sites excluding steroid dienone is 1. The first-order chi connectivity index (χ1) is 8.22. The smallest absolute Gasteiger partial charge is 0.120 e. The van der Waals surface area contributed by atoms with Crippen molar-refractivity contribution in [2.45, 2.75) is 33.3 Å². The SMILES string of the molecule is CC(C)=CCOCc1ccc(CCC=O)cc1. The van der Waals surface area contributed by atoms with Crippen LogP contribution < -0.4 is 0 Å². The molecular weight excluding hydrogens is 212 g/mol. The second-order valence-electron chi connectivity index (χ2n) is 4.32. The normalized spacial score (nSPS) is 10.0. The molecular formula is C15H20O2. The Hall–Kier alpha value is -1.41. The van der Waals surface area contributed by atoms with Crippen molar-refractivity contribution in [3.05, 3.63) is 47.0 Å². The lowest BCUT2D eigenvalue weighted by molar-refractivity contribution is -0.107. The van der Waals surface area contributed by atoms with Gasteiger partial charge in [-0.3, -0.25) is 0 Å². The number of aldehydes is 1. The third kappa shape index (κ3) is 6.03. The fourth-order valence-corrected chi connectivity index (χ4v) is 1.43. The molecule has 0 unspecified atom stereocenters. The lowest BCUT2D eigenvalue weighted by Gasteiger charge is -2.03. The Labute approximate surface area is 103 Å². The number of carbonyl (C=O) groups excluding carboxylic acids is 1. The molecule has 0 saturated heterocycles. The summed E-state index contributed by atoms with van der Waals surface area (Å²) >= 11 is 0. The molecule has 17 heavy (non-hydrogen) atoms. The molecule has 0 aliphatic carbocycles. The van der Waals surface area contributed by atoms with Crippen LogP contribution in [0.5, 0.6) is 0 Å². The molecule has 0 bridgehead atoms. The molecule has 2 nitrogen and oxygen atoms in total. The Morgan fingerprint density at radius 2 is 1.82 bits per heavy atom. The number of hydrogen-bond acceptors (Lipinski definition) is 2. The van der Waals surface area contributed by atoms with Crippen molar-refractivity contribution in [2.24, 2.45) is 0 Å². The monoisotopic (exact) mass is 232 g/mol. The molecule has 0 atom stereocenters. The van der Waals surface area contributed by atoms with Crippen molar-refractivity contribution in [3.63, 3.8) is 0 Å². The zero-order valence-corrected chi connectivity index (χ0v) is 10.6. The molecule has 1 aromatic carbocycles. The lowest BCUT2D eigenvalue weighted by Crippen LogP contribution is -1.94. The number of ether oxygens (including phenoxy) is 1. The number of aryl methyl sites for hydroxylation is 1. The van der Waals surface area contributed by atoms with Gasteiger partial charge in [-0.15, -0.1) is 0 Å². The highest BCUT2D eigenvalue weighted by Crippen LogP contribution is 2.07. The Bertz CT molecular complexity index is 359. The van der Waals surface area contributed by atoms with Crippen LogP contribution in [0.3, 0.4) is 0 Å². The molecule has 0 fully saturated rings. The van der Waals surface area contributed by atoms with E-state index in [9.17, 15) is 4.79 Å². The van der Waals surface area contributed by atoms with Gasteiger partial charge in [-0.1, -0.05) is 35.9 Å². The fraction of sp³-hybridized carbons (Fsp3) is 0.400. The van der Waals surface area contributed by atoms with E-state index in [1.165, 1.54) is 16.7 Å². The minimum absolute atomic E-state index is 0.594. The van der Waals surface area contributed by atoms with E-state index in [0.29, 0.717) is 19.6 Å². The van der Waals surface area contributed by atoms with E-state index < -0.39 is 0 Å². The molecule has 0 spiro atoms. The predicted molar refractivity (Wildman–Crippen MR) is 69.9 cm³/mol. The minimum Gasteiger partial charge on any atom is -0.373 e. The van der Waals surface area contributed by atoms with Crippen molar-refractivity contribution in [2.75, 3.05) is 6.61 Å². The first-order valence-corrected chi connectivity index (χ1v) is 5.95. The van der Waals surface area contributed by atoms with Crippen molar-refractivity contribution >= 4 is 6.29 Å². The van der Waals surface area contributed by atoms with Crippen LogP contribution in [0, 0.1) is 0 Å². The number of rotatable bonds is 7. The van der Waals surface area contributed by atoms with Crippen LogP contribution in [0.4, 0.5) is 0 Å². The van der Waals surface area contributed by atoms with Crippen molar-refractivity contribution in [3.8, 4) is 0 Å². The maximum Gasteiger partial charge on any atom is 0.120 e. The van der Waals surface area contributed by atoms with Gasteiger partial charge in [0, 0.05) is 6.42 Å². The quantitative estimate of drug-likeness (QED) is 0.409. The maximum atomic E-state index is 10.2. The summed E-state index contributed by atoms with van der Waals surface area (Å²) < 4.78 is 5.52. The summed E-state index contributed by atoms with van der Waals surface area (Å²) in [5, 5.41) is 0. The number of benzene rings is 1. The highest BCUT2D eigenvalue weighted by molar-refractivity contribution is 5.50. The van der Waals surface area contributed by atoms with Crippen molar-refractivity contribution < 1.29 is 9.53 Å². The van der Waals surface area contributed by atoms with Crippen LogP contribution >= 0.6 is 0 Å². The van der Waals surface area contributed by atoms with Crippen LogP contribution in [0.2, 0.25) is 0 Å². The van der Waals surface area contributed by atoms with E-state index >= 15 is 0 Å². The van der Waals surface area contributed by atoms with Crippen LogP contribution in [-0.4, -0.2) is 12.9 Å². The Balaban J connectivity index is 2.35. The van der Waals surface area contributed by atoms with Gasteiger partial charge in [0.25, 0.3) is 0 Å². The van der Waals surface area contributed by atoms with E-state index in [0.717, 1.165) is 12.7 Å². The zero-order valence-electron chi connectivity index (χ0n) is 10.6. The summed E-state index contributed by atoms with van der Waals surface area (Å²) in [5.41, 5.74) is 3.64. The van der Waals surface area contributed by atoms with Gasteiger partial charge in [-0.05, 0) is 31.4 Å². The Morgan fingerprint density at radius 1 is 1.18 bits per heavy atom. The van der Waals surface area contributed by atoms with Crippen molar-refractivity contribution in [1.82, 2.24) is 0 Å². The molecule has 92 valence electrons. The lowest BCUT2D eigenvalue weighted by atomic mass is 10.1. The first kappa shape index (κ1) is 13.7. The van der Waals surface area contributed by atoms with Gasteiger partial charge in [0.15, 0.2) is 0 Å². The fourth-order valence-electron chi connectivity index (χ4n) is 1.43. The van der Waals surface area contributed by atoms with E-state index in [-0.39, 0.29) is 0 Å². The summed E-state index contributed by atoms with van der Waals surface area (Å²) in [4.78, 5) is 10.2. The zero-order chi connectivity index (χ0) is 12.5. The molecule has 0 N–H and O–H groups in total. The van der Waals surface area contributed by atoms with Crippen LogP contribution in [0.25, 0.3) is 0 Å². The standard InChI is InChI=1S/C15H20O2/c1-13(2)9-11-17-12-15-7-5-14(6-8-15)4-3-10-16/h5-10H,3-4,11-12H2,1-2H3. The summed E-state index contributed by atoms with van der Waals surface area (Å²) in [6, 6.07) is 8.23. The van der Waals surface area contributed by atoms with Crippen LogP contribution in [0.15, 0.2) is 35.9 Å². The summed E-state index contributed by atoms with van der Waals surface area (Å²) in [7, 11) is 0. The van der Waals surface area contributed by atoms with Gasteiger partial charge in [-0.25, -0.2) is 0 Å². The van der Waals surface area contributed by atoms with Crippen molar-refractivity contribution in [1.29, 1.82) is 0 Å². The maximum absolute atomic E-state index is 10.2. The van der Waals surface area contributed by atoms with Gasteiger partial charge in [-0.2, -0.15) is 0 Å². The number of carbonyl (C=O) groups is 1. The summed E-state index contributed by atoms with van der Waals surface area (Å²) in [5.74, 6) is 0. The van der Waals surface area contributed by atoms with Gasteiger partial charge in [0.1, 0.15) is 6.29 Å². The molecule has 0 heterocycles. The van der Waals surface area contributed by atoms with E-state index in [1.807, 2.05) is 0 Å². The molecule has 0 aromatic heterocycles. The summed E-state index contributed by atoms with van der Waals surface area (Å²) in [6.45, 7) is 5.42. The average molecular weight is 232 g/mol. The Kier molecular flexibility index (Phi) is 6.26. The third-order valence-corrected chi connectivity index (χ3v) is 2.45. The van der Waals surface area contributed by atoms with Crippen LogP contribution in [-0.2, 0) is 22.6 Å². The second-order valence-corrected chi connectivity index (χ2v) is 4.32.